The molecule has 2 aliphatic heterocycles. The van der Waals surface area contributed by atoms with E-state index < -0.39 is 0 Å². The molecule has 1 aromatic heterocycles. The normalized spacial score (nSPS) is 23.7. The number of aromatic nitrogens is 1. The fourth-order valence-electron chi connectivity index (χ4n) is 7.05. The molecule has 12 heteroatoms. The minimum absolute atomic E-state index is 0.00474. The Bertz CT molecular complexity index is 1550. The van der Waals surface area contributed by atoms with Crippen molar-refractivity contribution >= 4 is 46.3 Å². The molecule has 47 heavy (non-hydrogen) atoms. The number of ether oxygens (including phenoxy) is 3. The Morgan fingerprint density at radius 1 is 1.06 bits per heavy atom. The number of likely N-dealkylation sites (tertiary alicyclic amines) is 1. The van der Waals surface area contributed by atoms with Crippen LogP contribution in [0.15, 0.2) is 34.7 Å². The first kappa shape index (κ1) is 33.6. The predicted molar refractivity (Wildman–Crippen MR) is 176 cm³/mol. The molecule has 0 radical (unpaired) electrons. The van der Waals surface area contributed by atoms with Crippen LogP contribution < -0.4 is 5.32 Å². The Kier molecular flexibility index (Phi) is 11.0. The van der Waals surface area contributed by atoms with Crippen LogP contribution in [0.2, 0.25) is 5.02 Å². The lowest BCUT2D eigenvalue weighted by Gasteiger charge is -2.36. The third-order valence-corrected chi connectivity index (χ3v) is 10.1. The largest absolute Gasteiger partial charge is 0.466 e. The molecule has 0 bridgehead atoms. The maximum Gasteiger partial charge on any atom is 0.308 e. The first-order valence-electron chi connectivity index (χ1n) is 16.8. The van der Waals surface area contributed by atoms with Gasteiger partial charge in [0.2, 0.25) is 5.91 Å². The summed E-state index contributed by atoms with van der Waals surface area (Å²) in [5, 5.41) is 3.37. The highest BCUT2D eigenvalue weighted by molar-refractivity contribution is 6.35. The maximum absolute atomic E-state index is 14.1. The van der Waals surface area contributed by atoms with Crippen LogP contribution in [-0.4, -0.2) is 90.9 Å². The van der Waals surface area contributed by atoms with Gasteiger partial charge in [-0.2, -0.15) is 4.98 Å². The first-order valence-corrected chi connectivity index (χ1v) is 17.2. The molecular formula is C35H44ClFN4O6. The number of oxazole rings is 1. The van der Waals surface area contributed by atoms with E-state index in [4.69, 9.17) is 30.2 Å². The first-order chi connectivity index (χ1) is 22.8. The van der Waals surface area contributed by atoms with E-state index in [0.29, 0.717) is 53.8 Å². The Morgan fingerprint density at radius 2 is 1.83 bits per heavy atom. The fourth-order valence-corrected chi connectivity index (χ4v) is 7.32. The molecule has 1 saturated carbocycles. The minimum atomic E-state index is -0.369. The Balaban J connectivity index is 1.14. The summed E-state index contributed by atoms with van der Waals surface area (Å²) in [4.78, 5) is 35.2. The number of aryl methyl sites for hydroxylation is 1. The number of amides is 1. The molecule has 1 aliphatic carbocycles. The van der Waals surface area contributed by atoms with Crippen LogP contribution in [0.1, 0.15) is 56.6 Å². The average Bonchev–Trinajstić information content (AvgIpc) is 3.68. The van der Waals surface area contributed by atoms with Crippen molar-refractivity contribution < 1.29 is 32.6 Å². The molecule has 3 heterocycles. The van der Waals surface area contributed by atoms with Gasteiger partial charge < -0.3 is 28.8 Å². The average molecular weight is 671 g/mol. The summed E-state index contributed by atoms with van der Waals surface area (Å²) in [5.41, 5.74) is 2.95. The number of nitrogens with zero attached hydrogens (tertiary/aromatic N) is 3. The van der Waals surface area contributed by atoms with Gasteiger partial charge in [-0.05, 0) is 81.7 Å². The molecule has 2 atom stereocenters. The van der Waals surface area contributed by atoms with Crippen LogP contribution in [0.5, 0.6) is 0 Å². The molecule has 10 nitrogen and oxygen atoms in total. The molecule has 254 valence electrons. The molecule has 3 aliphatic rings. The zero-order chi connectivity index (χ0) is 32.9. The van der Waals surface area contributed by atoms with Crippen molar-refractivity contribution in [2.45, 2.75) is 77.0 Å². The lowest BCUT2D eigenvalue weighted by molar-refractivity contribution is -0.150. The van der Waals surface area contributed by atoms with Gasteiger partial charge >= 0.3 is 5.97 Å². The van der Waals surface area contributed by atoms with E-state index in [1.807, 2.05) is 24.8 Å². The van der Waals surface area contributed by atoms with Gasteiger partial charge in [0.15, 0.2) is 5.58 Å². The maximum atomic E-state index is 14.1. The standard InChI is InChI=1S/C35H44ClFN4O6/c1-3-45-34(43)23-5-11-28(12-6-23)46-21-27-10-9-26(20-40-14-16-44-17-15-40)41(27)31(42)18-24-7-13-29-33(32(24)36)47-35(38-29)39-30-19-25(37)8-4-22(30)2/h4,7-8,13,19,23,26-28H,3,5-6,9-12,14-18,20-21H2,1-2H3,(H,38,39)/t23?,26-,27-,28?/m0/s1. The number of benzene rings is 2. The van der Waals surface area contributed by atoms with Crippen LogP contribution in [0.25, 0.3) is 11.1 Å². The second-order valence-corrected chi connectivity index (χ2v) is 13.2. The molecule has 2 saturated heterocycles. The molecular weight excluding hydrogens is 627 g/mol. The summed E-state index contributed by atoms with van der Waals surface area (Å²) < 4.78 is 37.0. The number of carbonyl (C=O) groups is 2. The van der Waals surface area contributed by atoms with Crippen molar-refractivity contribution in [1.82, 2.24) is 14.8 Å². The van der Waals surface area contributed by atoms with Crippen molar-refractivity contribution in [2.75, 3.05) is 51.4 Å². The third kappa shape index (κ3) is 8.08. The van der Waals surface area contributed by atoms with E-state index >= 15 is 0 Å². The van der Waals surface area contributed by atoms with Crippen LogP contribution in [0, 0.1) is 18.7 Å². The lowest BCUT2D eigenvalue weighted by Crippen LogP contribution is -2.50. The summed E-state index contributed by atoms with van der Waals surface area (Å²) in [7, 11) is 0. The predicted octanol–water partition coefficient (Wildman–Crippen LogP) is 6.05. The summed E-state index contributed by atoms with van der Waals surface area (Å²) in [6.45, 7) is 8.45. The molecule has 1 amide bonds. The highest BCUT2D eigenvalue weighted by Gasteiger charge is 2.39. The number of morpholine rings is 1. The van der Waals surface area contributed by atoms with E-state index in [2.05, 4.69) is 15.2 Å². The number of hydrogen-bond donors (Lipinski definition) is 1. The van der Waals surface area contributed by atoms with Gasteiger partial charge in [0.25, 0.3) is 6.01 Å². The summed E-state index contributed by atoms with van der Waals surface area (Å²) in [6, 6.07) is 8.28. The molecule has 1 N–H and O–H groups in total. The molecule has 0 unspecified atom stereocenters. The Morgan fingerprint density at radius 3 is 2.60 bits per heavy atom. The van der Waals surface area contributed by atoms with Gasteiger partial charge in [0.05, 0.1) is 55.9 Å². The number of hydrogen-bond acceptors (Lipinski definition) is 9. The van der Waals surface area contributed by atoms with Gasteiger partial charge in [0.1, 0.15) is 11.3 Å². The smallest absolute Gasteiger partial charge is 0.308 e. The third-order valence-electron chi connectivity index (χ3n) is 9.66. The molecule has 2 aromatic carbocycles. The van der Waals surface area contributed by atoms with Crippen molar-refractivity contribution in [3.05, 3.63) is 52.3 Å². The van der Waals surface area contributed by atoms with Crippen molar-refractivity contribution in [2.24, 2.45) is 5.92 Å². The molecule has 0 spiro atoms. The number of nitrogens with one attached hydrogen (secondary N) is 1. The fraction of sp³-hybridized carbons (Fsp3) is 0.571. The summed E-state index contributed by atoms with van der Waals surface area (Å²) in [6.07, 6.45) is 5.09. The topological polar surface area (TPSA) is 106 Å². The number of halogens is 2. The number of fused-ring (bicyclic) bond motifs is 1. The molecule has 3 aromatic rings. The highest BCUT2D eigenvalue weighted by Crippen LogP contribution is 2.34. The van der Waals surface area contributed by atoms with Gasteiger partial charge in [-0.1, -0.05) is 23.7 Å². The van der Waals surface area contributed by atoms with Crippen molar-refractivity contribution in [3.63, 3.8) is 0 Å². The monoisotopic (exact) mass is 670 g/mol. The summed E-state index contributed by atoms with van der Waals surface area (Å²) in [5.74, 6) is -0.538. The van der Waals surface area contributed by atoms with Gasteiger partial charge in [-0.3, -0.25) is 14.5 Å². The van der Waals surface area contributed by atoms with Crippen LogP contribution in [-0.2, 0) is 30.2 Å². The zero-order valence-electron chi connectivity index (χ0n) is 27.1. The van der Waals surface area contributed by atoms with Gasteiger partial charge in [-0.15, -0.1) is 0 Å². The molecule has 3 fully saturated rings. The van der Waals surface area contributed by atoms with Crippen LogP contribution >= 0.6 is 11.6 Å². The number of carbonyl (C=O) groups excluding carboxylic acids is 2. The van der Waals surface area contributed by atoms with Gasteiger partial charge in [0, 0.05) is 31.4 Å². The zero-order valence-corrected chi connectivity index (χ0v) is 27.9. The van der Waals surface area contributed by atoms with E-state index in [1.165, 1.54) is 12.1 Å². The summed E-state index contributed by atoms with van der Waals surface area (Å²) >= 11 is 6.84. The minimum Gasteiger partial charge on any atom is -0.466 e. The number of anilines is 2. The van der Waals surface area contributed by atoms with Crippen LogP contribution in [0.3, 0.4) is 0 Å². The van der Waals surface area contributed by atoms with E-state index in [9.17, 15) is 14.0 Å². The van der Waals surface area contributed by atoms with Crippen LogP contribution in [0.4, 0.5) is 16.1 Å². The van der Waals surface area contributed by atoms with Crippen molar-refractivity contribution in [3.8, 4) is 0 Å². The van der Waals surface area contributed by atoms with Crippen molar-refractivity contribution in [1.29, 1.82) is 0 Å². The number of rotatable bonds is 11. The molecule has 6 rings (SSSR count). The second-order valence-electron chi connectivity index (χ2n) is 12.8. The highest BCUT2D eigenvalue weighted by atomic mass is 35.5. The second kappa shape index (κ2) is 15.3. The Hall–Kier alpha value is -3.25. The van der Waals surface area contributed by atoms with E-state index in [-0.39, 0.29) is 54.2 Å². The SMILES string of the molecule is CCOC(=O)C1CCC(OC[C@@H]2CC[C@@H](CN3CCOCC3)N2C(=O)Cc2ccc3nc(Nc4cc(F)ccc4C)oc3c2Cl)CC1. The number of esters is 1. The quantitative estimate of drug-likeness (QED) is 0.244. The van der Waals surface area contributed by atoms with E-state index in [1.54, 1.807) is 12.1 Å². The Labute approximate surface area is 279 Å². The van der Waals surface area contributed by atoms with E-state index in [0.717, 1.165) is 63.7 Å². The lowest BCUT2D eigenvalue weighted by atomic mass is 9.87. The van der Waals surface area contributed by atoms with Gasteiger partial charge in [-0.25, -0.2) is 4.39 Å².